The third-order valence-corrected chi connectivity index (χ3v) is 6.09. The number of pyridine rings is 2. The Kier molecular flexibility index (Phi) is 3.03. The lowest BCUT2D eigenvalue weighted by Gasteiger charge is -2.30. The molecule has 4 rings (SSSR count). The normalized spacial score (nSPS) is 29.0. The minimum atomic E-state index is -0.0468. The Morgan fingerprint density at radius 3 is 2.54 bits per heavy atom. The van der Waals surface area contributed by atoms with Crippen molar-refractivity contribution in [2.45, 2.75) is 13.8 Å². The number of aromatic nitrogens is 2. The van der Waals surface area contributed by atoms with Gasteiger partial charge in [-0.05, 0) is 12.1 Å². The number of hydrogen-bond donors (Lipinski definition) is 1. The molecule has 2 aromatic heterocycles. The van der Waals surface area contributed by atoms with Crippen LogP contribution in [0.25, 0.3) is 11.0 Å². The van der Waals surface area contributed by atoms with E-state index in [1.807, 2.05) is 6.07 Å². The van der Waals surface area contributed by atoms with Gasteiger partial charge in [0.25, 0.3) is 5.56 Å². The van der Waals surface area contributed by atoms with Gasteiger partial charge in [0.1, 0.15) is 17.3 Å². The lowest BCUT2D eigenvalue weighted by molar-refractivity contribution is 0.212. The highest BCUT2D eigenvalue weighted by Crippen LogP contribution is 2.49. The molecule has 0 spiro atoms. The summed E-state index contributed by atoms with van der Waals surface area (Å²) in [5.74, 6) is 0. The summed E-state index contributed by atoms with van der Waals surface area (Å²) in [5, 5.41) is 12.7. The minimum Gasteiger partial charge on any atom is -0.368 e. The molecule has 2 aliphatic rings. The number of fused-ring (bicyclic) bond motifs is 2. The molecule has 0 bridgehead atoms. The molecule has 2 aromatic rings. The molecule has 124 valence electrons. The number of nitrogens with one attached hydrogen (secondary N) is 1. The molecule has 2 atom stereocenters. The van der Waals surface area contributed by atoms with Gasteiger partial charge in [0.2, 0.25) is 0 Å². The van der Waals surface area contributed by atoms with Crippen LogP contribution in [0, 0.1) is 22.2 Å². The van der Waals surface area contributed by atoms with Crippen LogP contribution in [0.3, 0.4) is 0 Å². The maximum Gasteiger partial charge on any atom is 0.252 e. The first kappa shape index (κ1) is 15.2. The SMILES string of the molecule is Cn1c(=O)cc(N2C[C@]3(C)CNC[C@]3(C)C2)c2nc(C#N)ccc21. The van der Waals surface area contributed by atoms with Crippen molar-refractivity contribution in [3.8, 4) is 6.07 Å². The van der Waals surface area contributed by atoms with Gasteiger partial charge in [-0.3, -0.25) is 4.79 Å². The predicted molar refractivity (Wildman–Crippen MR) is 93.0 cm³/mol. The summed E-state index contributed by atoms with van der Waals surface area (Å²) in [6.07, 6.45) is 0. The van der Waals surface area contributed by atoms with Gasteiger partial charge >= 0.3 is 0 Å². The van der Waals surface area contributed by atoms with Gasteiger partial charge in [0.05, 0.1) is 11.2 Å². The average molecular weight is 323 g/mol. The molecular formula is C18H21N5O. The second-order valence-electron chi connectivity index (χ2n) is 7.68. The van der Waals surface area contributed by atoms with Crippen LogP contribution < -0.4 is 15.8 Å². The quantitative estimate of drug-likeness (QED) is 0.855. The topological polar surface area (TPSA) is 74.0 Å². The van der Waals surface area contributed by atoms with Gasteiger partial charge in [-0.25, -0.2) is 4.98 Å². The summed E-state index contributed by atoms with van der Waals surface area (Å²) in [7, 11) is 1.74. The van der Waals surface area contributed by atoms with Crippen LogP contribution in [0.1, 0.15) is 19.5 Å². The summed E-state index contributed by atoms with van der Waals surface area (Å²) in [6.45, 7) is 8.36. The van der Waals surface area contributed by atoms with Crippen molar-refractivity contribution in [3.63, 3.8) is 0 Å². The maximum absolute atomic E-state index is 12.4. The molecular weight excluding hydrogens is 302 g/mol. The highest BCUT2D eigenvalue weighted by molar-refractivity contribution is 5.89. The molecule has 0 saturated carbocycles. The van der Waals surface area contributed by atoms with E-state index in [0.717, 1.165) is 42.9 Å². The first-order valence-corrected chi connectivity index (χ1v) is 8.23. The van der Waals surface area contributed by atoms with E-state index >= 15 is 0 Å². The van der Waals surface area contributed by atoms with E-state index in [1.54, 1.807) is 23.7 Å². The number of anilines is 1. The number of rotatable bonds is 1. The molecule has 2 fully saturated rings. The fourth-order valence-corrected chi connectivity index (χ4v) is 4.22. The van der Waals surface area contributed by atoms with Crippen LogP contribution in [-0.4, -0.2) is 35.7 Å². The van der Waals surface area contributed by atoms with Crippen molar-refractivity contribution in [1.82, 2.24) is 14.9 Å². The summed E-state index contributed by atoms with van der Waals surface area (Å²) in [5.41, 5.74) is 3.02. The van der Waals surface area contributed by atoms with E-state index in [1.165, 1.54) is 0 Å². The zero-order chi connectivity index (χ0) is 17.1. The maximum atomic E-state index is 12.4. The van der Waals surface area contributed by atoms with Crippen molar-refractivity contribution in [2.75, 3.05) is 31.1 Å². The molecule has 6 heteroatoms. The van der Waals surface area contributed by atoms with E-state index in [4.69, 9.17) is 0 Å². The van der Waals surface area contributed by atoms with Gasteiger partial charge < -0.3 is 14.8 Å². The zero-order valence-corrected chi connectivity index (χ0v) is 14.3. The van der Waals surface area contributed by atoms with Crippen LogP contribution in [-0.2, 0) is 7.05 Å². The third kappa shape index (κ3) is 1.91. The fraction of sp³-hybridized carbons (Fsp3) is 0.500. The Labute approximate surface area is 140 Å². The molecule has 0 aliphatic carbocycles. The Balaban J connectivity index is 1.90. The molecule has 2 saturated heterocycles. The Hall–Kier alpha value is -2.39. The third-order valence-electron chi connectivity index (χ3n) is 6.09. The van der Waals surface area contributed by atoms with Crippen LogP contribution in [0.5, 0.6) is 0 Å². The van der Waals surface area contributed by atoms with Crippen molar-refractivity contribution >= 4 is 16.7 Å². The van der Waals surface area contributed by atoms with Gasteiger partial charge in [0.15, 0.2) is 0 Å². The van der Waals surface area contributed by atoms with E-state index in [-0.39, 0.29) is 16.4 Å². The zero-order valence-electron chi connectivity index (χ0n) is 14.3. The van der Waals surface area contributed by atoms with E-state index in [0.29, 0.717) is 5.69 Å². The van der Waals surface area contributed by atoms with E-state index < -0.39 is 0 Å². The summed E-state index contributed by atoms with van der Waals surface area (Å²) >= 11 is 0. The van der Waals surface area contributed by atoms with Gasteiger partial charge in [-0.15, -0.1) is 0 Å². The molecule has 4 heterocycles. The number of nitriles is 1. The van der Waals surface area contributed by atoms with Gasteiger partial charge in [-0.2, -0.15) is 5.26 Å². The summed E-state index contributed by atoms with van der Waals surface area (Å²) in [4.78, 5) is 19.2. The largest absolute Gasteiger partial charge is 0.368 e. The molecule has 1 N–H and O–H groups in total. The first-order chi connectivity index (χ1) is 11.4. The van der Waals surface area contributed by atoms with Gasteiger partial charge in [0, 0.05) is 50.1 Å². The minimum absolute atomic E-state index is 0.0468. The molecule has 0 unspecified atom stereocenters. The Bertz CT molecular complexity index is 925. The van der Waals surface area contributed by atoms with Gasteiger partial charge in [-0.1, -0.05) is 13.8 Å². The highest BCUT2D eigenvalue weighted by Gasteiger charge is 2.55. The fourth-order valence-electron chi connectivity index (χ4n) is 4.22. The van der Waals surface area contributed by atoms with Crippen molar-refractivity contribution in [2.24, 2.45) is 17.9 Å². The number of nitrogens with zero attached hydrogens (tertiary/aromatic N) is 4. The molecule has 0 aromatic carbocycles. The first-order valence-electron chi connectivity index (χ1n) is 8.23. The second kappa shape index (κ2) is 4.81. The Morgan fingerprint density at radius 1 is 1.25 bits per heavy atom. The number of aryl methyl sites for hydroxylation is 1. The summed E-state index contributed by atoms with van der Waals surface area (Å²) < 4.78 is 1.59. The van der Waals surface area contributed by atoms with E-state index in [9.17, 15) is 10.1 Å². The van der Waals surface area contributed by atoms with Crippen LogP contribution in [0.15, 0.2) is 23.0 Å². The molecule has 24 heavy (non-hydrogen) atoms. The van der Waals surface area contributed by atoms with Crippen LogP contribution in [0.2, 0.25) is 0 Å². The second-order valence-corrected chi connectivity index (χ2v) is 7.68. The smallest absolute Gasteiger partial charge is 0.252 e. The number of hydrogen-bond acceptors (Lipinski definition) is 5. The average Bonchev–Trinajstić information content (AvgIpc) is 2.97. The molecule has 2 aliphatic heterocycles. The molecule has 0 radical (unpaired) electrons. The molecule has 0 amide bonds. The van der Waals surface area contributed by atoms with Crippen LogP contribution in [0.4, 0.5) is 5.69 Å². The van der Waals surface area contributed by atoms with Crippen molar-refractivity contribution in [3.05, 3.63) is 34.2 Å². The van der Waals surface area contributed by atoms with Crippen molar-refractivity contribution < 1.29 is 0 Å². The van der Waals surface area contributed by atoms with Crippen molar-refractivity contribution in [1.29, 1.82) is 5.26 Å². The van der Waals surface area contributed by atoms with E-state index in [2.05, 4.69) is 35.1 Å². The van der Waals surface area contributed by atoms with Crippen LogP contribution >= 0.6 is 0 Å². The molecule has 6 nitrogen and oxygen atoms in total. The lowest BCUT2D eigenvalue weighted by Crippen LogP contribution is -2.34. The summed E-state index contributed by atoms with van der Waals surface area (Å²) in [6, 6.07) is 7.24. The monoisotopic (exact) mass is 323 g/mol. The Morgan fingerprint density at radius 2 is 1.92 bits per heavy atom. The lowest BCUT2D eigenvalue weighted by atomic mass is 9.71. The predicted octanol–water partition coefficient (Wildman–Crippen LogP) is 1.24. The standard InChI is InChI=1S/C18H21N5O/c1-17-8-20-9-18(17,2)11-23(10-17)14-6-15(24)22(3)13-5-4-12(7-19)21-16(13)14/h4-6,20H,8-11H2,1-3H3/t17-,18+. The highest BCUT2D eigenvalue weighted by atomic mass is 16.1.